The molecule has 2 nitrogen and oxygen atoms in total. The van der Waals surface area contributed by atoms with E-state index >= 15 is 0 Å². The third-order valence-electron chi connectivity index (χ3n) is 2.56. The lowest BCUT2D eigenvalue weighted by atomic mass is 10.1. The summed E-state index contributed by atoms with van der Waals surface area (Å²) in [5.74, 6) is 1.44. The molecule has 15 heavy (non-hydrogen) atoms. The quantitative estimate of drug-likeness (QED) is 0.783. The molecule has 1 saturated carbocycles. The first-order chi connectivity index (χ1) is 7.20. The number of aldehydes is 1. The van der Waals surface area contributed by atoms with Gasteiger partial charge in [-0.15, -0.1) is 0 Å². The van der Waals surface area contributed by atoms with E-state index in [4.69, 9.17) is 4.74 Å². The van der Waals surface area contributed by atoms with E-state index in [2.05, 4.69) is 15.9 Å². The van der Waals surface area contributed by atoms with Crippen molar-refractivity contribution in [2.45, 2.75) is 19.8 Å². The van der Waals surface area contributed by atoms with Crippen LogP contribution in [0.3, 0.4) is 0 Å². The first kappa shape index (κ1) is 10.7. The first-order valence-corrected chi connectivity index (χ1v) is 5.88. The molecule has 0 aliphatic heterocycles. The van der Waals surface area contributed by atoms with Crippen molar-refractivity contribution in [3.8, 4) is 5.75 Å². The summed E-state index contributed by atoms with van der Waals surface area (Å²) in [7, 11) is 0. The molecule has 0 unspecified atom stereocenters. The van der Waals surface area contributed by atoms with Gasteiger partial charge < -0.3 is 4.74 Å². The molecule has 80 valence electrons. The highest BCUT2D eigenvalue weighted by Gasteiger charge is 2.22. The van der Waals surface area contributed by atoms with Crippen LogP contribution in [0.15, 0.2) is 16.6 Å². The van der Waals surface area contributed by atoms with Gasteiger partial charge in [0.1, 0.15) is 5.75 Å². The molecule has 1 aromatic carbocycles. The molecule has 3 heteroatoms. The van der Waals surface area contributed by atoms with Gasteiger partial charge in [-0.3, -0.25) is 4.79 Å². The first-order valence-electron chi connectivity index (χ1n) is 5.09. The minimum atomic E-state index is 0.627. The van der Waals surface area contributed by atoms with Gasteiger partial charge in [0.25, 0.3) is 0 Å². The van der Waals surface area contributed by atoms with E-state index in [1.54, 1.807) is 6.07 Å². The molecule has 0 spiro atoms. The topological polar surface area (TPSA) is 26.3 Å². The monoisotopic (exact) mass is 268 g/mol. The number of aryl methyl sites for hydroxylation is 1. The zero-order chi connectivity index (χ0) is 10.8. The Morgan fingerprint density at radius 1 is 1.53 bits per heavy atom. The second-order valence-electron chi connectivity index (χ2n) is 4.01. The largest absolute Gasteiger partial charge is 0.492 e. The van der Waals surface area contributed by atoms with E-state index in [9.17, 15) is 4.79 Å². The van der Waals surface area contributed by atoms with E-state index in [0.29, 0.717) is 11.5 Å². The molecular formula is C12H13BrO2. The predicted molar refractivity (Wildman–Crippen MR) is 62.5 cm³/mol. The maximum atomic E-state index is 10.9. The smallest absolute Gasteiger partial charge is 0.153 e. The van der Waals surface area contributed by atoms with Gasteiger partial charge in [0.2, 0.25) is 0 Å². The predicted octanol–water partition coefficient (Wildman–Crippen LogP) is 3.36. The van der Waals surface area contributed by atoms with Crippen molar-refractivity contribution in [1.29, 1.82) is 0 Å². The summed E-state index contributed by atoms with van der Waals surface area (Å²) in [4.78, 5) is 10.9. The summed E-state index contributed by atoms with van der Waals surface area (Å²) in [6.45, 7) is 2.70. The zero-order valence-corrected chi connectivity index (χ0v) is 10.2. The number of benzene rings is 1. The Labute approximate surface area is 97.8 Å². The number of hydrogen-bond donors (Lipinski definition) is 0. The van der Waals surface area contributed by atoms with Gasteiger partial charge in [0.15, 0.2) is 6.29 Å². The van der Waals surface area contributed by atoms with Crippen LogP contribution in [-0.2, 0) is 0 Å². The third kappa shape index (κ3) is 2.59. The second kappa shape index (κ2) is 4.35. The normalized spacial score (nSPS) is 15.1. The van der Waals surface area contributed by atoms with Gasteiger partial charge in [0.05, 0.1) is 12.2 Å². The molecule has 1 fully saturated rings. The van der Waals surface area contributed by atoms with E-state index in [1.807, 2.05) is 13.0 Å². The minimum absolute atomic E-state index is 0.627. The molecule has 1 aliphatic rings. The molecule has 0 bridgehead atoms. The van der Waals surface area contributed by atoms with Gasteiger partial charge in [-0.25, -0.2) is 0 Å². The average molecular weight is 269 g/mol. The van der Waals surface area contributed by atoms with Crippen LogP contribution in [0.5, 0.6) is 5.75 Å². The Morgan fingerprint density at radius 3 is 2.87 bits per heavy atom. The number of halogens is 1. The van der Waals surface area contributed by atoms with Gasteiger partial charge in [-0.1, -0.05) is 15.9 Å². The van der Waals surface area contributed by atoms with Crippen LogP contribution in [-0.4, -0.2) is 12.9 Å². The fraction of sp³-hybridized carbons (Fsp3) is 0.417. The number of carbonyl (C=O) groups is 1. The average Bonchev–Trinajstić information content (AvgIpc) is 2.99. The van der Waals surface area contributed by atoms with Crippen molar-refractivity contribution in [3.05, 3.63) is 27.7 Å². The molecule has 0 aromatic heterocycles. The van der Waals surface area contributed by atoms with Crippen LogP contribution in [0.25, 0.3) is 0 Å². The van der Waals surface area contributed by atoms with Crippen LogP contribution < -0.4 is 4.74 Å². The van der Waals surface area contributed by atoms with Gasteiger partial charge in [-0.2, -0.15) is 0 Å². The maximum Gasteiger partial charge on any atom is 0.153 e. The molecule has 0 radical (unpaired) electrons. The lowest BCUT2D eigenvalue weighted by Crippen LogP contribution is -2.03. The molecule has 2 rings (SSSR count). The standard InChI is InChI=1S/C12H13BrO2/c1-8-4-11(13)5-10(6-14)12(8)15-7-9-2-3-9/h4-6,9H,2-3,7H2,1H3. The highest BCUT2D eigenvalue weighted by atomic mass is 79.9. The van der Waals surface area contributed by atoms with Crippen molar-refractivity contribution >= 4 is 22.2 Å². The number of rotatable bonds is 4. The fourth-order valence-electron chi connectivity index (χ4n) is 1.53. The Bertz CT molecular complexity index is 383. The van der Waals surface area contributed by atoms with Gasteiger partial charge in [0, 0.05) is 4.47 Å². The molecule has 1 aromatic rings. The van der Waals surface area contributed by atoms with E-state index in [-0.39, 0.29) is 0 Å². The molecule has 0 N–H and O–H groups in total. The van der Waals surface area contributed by atoms with Crippen molar-refractivity contribution in [2.75, 3.05) is 6.61 Å². The van der Waals surface area contributed by atoms with E-state index in [0.717, 1.165) is 28.7 Å². The number of carbonyl (C=O) groups excluding carboxylic acids is 1. The lowest BCUT2D eigenvalue weighted by Gasteiger charge is -2.11. The van der Waals surface area contributed by atoms with Crippen molar-refractivity contribution in [1.82, 2.24) is 0 Å². The summed E-state index contributed by atoms with van der Waals surface area (Å²) >= 11 is 3.37. The number of hydrogen-bond acceptors (Lipinski definition) is 2. The van der Waals surface area contributed by atoms with Crippen LogP contribution in [0.2, 0.25) is 0 Å². The van der Waals surface area contributed by atoms with E-state index in [1.165, 1.54) is 12.8 Å². The Kier molecular flexibility index (Phi) is 3.10. The SMILES string of the molecule is Cc1cc(Br)cc(C=O)c1OCC1CC1. The molecular weight excluding hydrogens is 256 g/mol. The van der Waals surface area contributed by atoms with E-state index < -0.39 is 0 Å². The Balaban J connectivity index is 2.21. The summed E-state index contributed by atoms with van der Waals surface area (Å²) in [5.41, 5.74) is 1.63. The molecule has 1 aliphatic carbocycles. The molecule has 0 saturated heterocycles. The third-order valence-corrected chi connectivity index (χ3v) is 3.01. The maximum absolute atomic E-state index is 10.9. The summed E-state index contributed by atoms with van der Waals surface area (Å²) < 4.78 is 6.60. The van der Waals surface area contributed by atoms with Gasteiger partial charge in [-0.05, 0) is 43.4 Å². The zero-order valence-electron chi connectivity index (χ0n) is 8.63. The Morgan fingerprint density at radius 2 is 2.27 bits per heavy atom. The molecule has 0 heterocycles. The highest BCUT2D eigenvalue weighted by Crippen LogP contribution is 2.32. The van der Waals surface area contributed by atoms with Crippen LogP contribution >= 0.6 is 15.9 Å². The highest BCUT2D eigenvalue weighted by molar-refractivity contribution is 9.10. The van der Waals surface area contributed by atoms with Gasteiger partial charge >= 0.3 is 0 Å². The Hall–Kier alpha value is -0.830. The minimum Gasteiger partial charge on any atom is -0.492 e. The number of ether oxygens (including phenoxy) is 1. The van der Waals surface area contributed by atoms with Crippen molar-refractivity contribution < 1.29 is 9.53 Å². The van der Waals surface area contributed by atoms with Crippen molar-refractivity contribution in [2.24, 2.45) is 5.92 Å². The molecule has 0 atom stereocenters. The van der Waals surface area contributed by atoms with Crippen molar-refractivity contribution in [3.63, 3.8) is 0 Å². The lowest BCUT2D eigenvalue weighted by molar-refractivity contribution is 0.111. The van der Waals surface area contributed by atoms with Crippen LogP contribution in [0, 0.1) is 12.8 Å². The summed E-state index contributed by atoms with van der Waals surface area (Å²) in [5, 5.41) is 0. The summed E-state index contributed by atoms with van der Waals surface area (Å²) in [6.07, 6.45) is 3.36. The second-order valence-corrected chi connectivity index (χ2v) is 4.93. The van der Waals surface area contributed by atoms with Crippen LogP contribution in [0.1, 0.15) is 28.8 Å². The summed E-state index contributed by atoms with van der Waals surface area (Å²) in [6, 6.07) is 3.76. The molecule has 0 amide bonds. The van der Waals surface area contributed by atoms with Crippen LogP contribution in [0.4, 0.5) is 0 Å². The fourth-order valence-corrected chi connectivity index (χ4v) is 2.12.